The van der Waals surface area contributed by atoms with Gasteiger partial charge in [0.05, 0.1) is 0 Å². The quantitative estimate of drug-likeness (QED) is 0.334. The lowest BCUT2D eigenvalue weighted by atomic mass is 10.2. The fourth-order valence-corrected chi connectivity index (χ4v) is 1.53. The van der Waals surface area contributed by atoms with E-state index in [1.54, 1.807) is 12.1 Å². The van der Waals surface area contributed by atoms with Gasteiger partial charge in [-0.05, 0) is 36.1 Å². The number of ether oxygens (including phenoxy) is 1. The first-order chi connectivity index (χ1) is 8.37. The van der Waals surface area contributed by atoms with Crippen LogP contribution in [0.3, 0.4) is 0 Å². The minimum absolute atomic E-state index is 0.324. The molecule has 0 aromatic heterocycles. The highest BCUT2D eigenvalue weighted by Gasteiger charge is 2.06. The molecule has 0 heterocycles. The number of hydrogen-bond donors (Lipinski definition) is 0. The summed E-state index contributed by atoms with van der Waals surface area (Å²) in [6, 6.07) is 7.05. The van der Waals surface area contributed by atoms with Crippen molar-refractivity contribution in [2.75, 3.05) is 0 Å². The van der Waals surface area contributed by atoms with Crippen molar-refractivity contribution in [3.8, 4) is 29.1 Å². The molecule has 3 heteroatoms. The van der Waals surface area contributed by atoms with Crippen LogP contribution in [-0.4, -0.2) is 14.0 Å². The largest absolute Gasteiger partial charge is 0.427 e. The first kappa shape index (κ1) is 14.1. The van der Waals surface area contributed by atoms with Crippen molar-refractivity contribution < 1.29 is 9.53 Å². The van der Waals surface area contributed by atoms with Gasteiger partial charge in [0.25, 0.3) is 0 Å². The van der Waals surface area contributed by atoms with E-state index >= 15 is 0 Å². The lowest BCUT2D eigenvalue weighted by molar-refractivity contribution is -0.131. The van der Waals surface area contributed by atoms with Gasteiger partial charge in [-0.1, -0.05) is 25.6 Å². The number of benzene rings is 1. The van der Waals surface area contributed by atoms with Gasteiger partial charge >= 0.3 is 5.97 Å². The summed E-state index contributed by atoms with van der Waals surface area (Å²) in [5, 5.41) is 0. The molecule has 0 atom stereocenters. The summed E-state index contributed by atoms with van der Waals surface area (Å²) < 4.78 is 4.93. The summed E-state index contributed by atoms with van der Waals surface area (Å²) in [6.45, 7) is 7.90. The molecular weight excluding hydrogens is 240 g/mol. The fraction of sp³-hybridized carbons (Fsp3) is 0.267. The van der Waals surface area contributed by atoms with Crippen LogP contribution >= 0.6 is 0 Å². The van der Waals surface area contributed by atoms with Crippen molar-refractivity contribution in [1.29, 1.82) is 0 Å². The predicted molar refractivity (Wildman–Crippen MR) is 75.8 cm³/mol. The maximum absolute atomic E-state index is 10.7. The molecule has 0 saturated heterocycles. The van der Waals surface area contributed by atoms with Crippen molar-refractivity contribution in [3.05, 3.63) is 29.8 Å². The molecule has 0 spiro atoms. The molecule has 18 heavy (non-hydrogen) atoms. The second-order valence-electron chi connectivity index (χ2n) is 4.87. The van der Waals surface area contributed by atoms with Crippen molar-refractivity contribution in [2.45, 2.75) is 26.6 Å². The first-order valence-electron chi connectivity index (χ1n) is 5.68. The highest BCUT2D eigenvalue weighted by molar-refractivity contribution is 6.83. The number of carbonyl (C=O) groups excluding carboxylic acids is 1. The average molecular weight is 256 g/mol. The third-order valence-electron chi connectivity index (χ3n) is 1.82. The van der Waals surface area contributed by atoms with Crippen molar-refractivity contribution in [2.24, 2.45) is 0 Å². The van der Waals surface area contributed by atoms with Crippen molar-refractivity contribution in [3.63, 3.8) is 0 Å². The highest BCUT2D eigenvalue weighted by Crippen LogP contribution is 2.11. The zero-order valence-corrected chi connectivity index (χ0v) is 12.1. The topological polar surface area (TPSA) is 26.3 Å². The summed E-state index contributed by atoms with van der Waals surface area (Å²) in [5.41, 5.74) is 4.03. The molecule has 0 bridgehead atoms. The van der Waals surface area contributed by atoms with E-state index < -0.39 is 8.07 Å². The number of esters is 1. The van der Waals surface area contributed by atoms with Gasteiger partial charge in [0, 0.05) is 12.5 Å². The smallest absolute Gasteiger partial charge is 0.308 e. The second kappa shape index (κ2) is 6.09. The molecule has 2 nitrogen and oxygen atoms in total. The Balaban J connectivity index is 2.72. The van der Waals surface area contributed by atoms with Crippen LogP contribution in [-0.2, 0) is 4.79 Å². The maximum atomic E-state index is 10.7. The van der Waals surface area contributed by atoms with E-state index in [1.165, 1.54) is 6.92 Å². The minimum atomic E-state index is -1.34. The summed E-state index contributed by atoms with van der Waals surface area (Å²) in [7, 11) is -1.34. The molecule has 0 aliphatic heterocycles. The van der Waals surface area contributed by atoms with Crippen molar-refractivity contribution in [1.82, 2.24) is 0 Å². The predicted octanol–water partition coefficient (Wildman–Crippen LogP) is 2.84. The summed E-state index contributed by atoms with van der Waals surface area (Å²) in [5.74, 6) is 8.88. The molecule has 0 fully saturated rings. The molecule has 0 radical (unpaired) electrons. The van der Waals surface area contributed by atoms with E-state index in [-0.39, 0.29) is 5.97 Å². The molecular formula is C15H16O2Si. The van der Waals surface area contributed by atoms with Crippen molar-refractivity contribution >= 4 is 14.0 Å². The Morgan fingerprint density at radius 2 is 1.72 bits per heavy atom. The fourth-order valence-electron chi connectivity index (χ4n) is 1.09. The Kier molecular flexibility index (Phi) is 4.77. The van der Waals surface area contributed by atoms with Crippen LogP contribution < -0.4 is 4.74 Å². The molecule has 1 rings (SSSR count). The third kappa shape index (κ3) is 5.93. The van der Waals surface area contributed by atoms with E-state index in [0.717, 1.165) is 5.56 Å². The minimum Gasteiger partial charge on any atom is -0.427 e. The Hall–Kier alpha value is -1.97. The Morgan fingerprint density at radius 3 is 2.22 bits per heavy atom. The van der Waals surface area contributed by atoms with Gasteiger partial charge in [-0.15, -0.1) is 5.54 Å². The van der Waals surface area contributed by atoms with Crippen LogP contribution in [0.25, 0.3) is 0 Å². The summed E-state index contributed by atoms with van der Waals surface area (Å²) in [6.07, 6.45) is 0. The van der Waals surface area contributed by atoms with Gasteiger partial charge in [0.1, 0.15) is 13.8 Å². The monoisotopic (exact) mass is 256 g/mol. The first-order valence-corrected chi connectivity index (χ1v) is 9.18. The molecule has 0 unspecified atom stereocenters. The van der Waals surface area contributed by atoms with E-state index in [0.29, 0.717) is 5.75 Å². The van der Waals surface area contributed by atoms with Crippen LogP contribution in [0.4, 0.5) is 0 Å². The molecule has 0 N–H and O–H groups in total. The maximum Gasteiger partial charge on any atom is 0.308 e. The van der Waals surface area contributed by atoms with Gasteiger partial charge in [0.2, 0.25) is 0 Å². The average Bonchev–Trinajstić information content (AvgIpc) is 2.24. The standard InChI is InChI=1S/C15H16O2Si/c1-13(16)17-15-10-8-14(9-11-15)7-5-6-12-18(2,3)4/h8-11H,1-4H3. The van der Waals surface area contributed by atoms with E-state index in [1.807, 2.05) is 12.1 Å². The van der Waals surface area contributed by atoms with Gasteiger partial charge in [0.15, 0.2) is 0 Å². The van der Waals surface area contributed by atoms with Gasteiger partial charge < -0.3 is 4.74 Å². The van der Waals surface area contributed by atoms with Crippen LogP contribution in [0.15, 0.2) is 24.3 Å². The Morgan fingerprint density at radius 1 is 1.11 bits per heavy atom. The van der Waals surface area contributed by atoms with Gasteiger partial charge in [-0.2, -0.15) is 0 Å². The van der Waals surface area contributed by atoms with Gasteiger partial charge in [-0.3, -0.25) is 4.79 Å². The molecule has 0 amide bonds. The molecule has 92 valence electrons. The molecule has 0 saturated carbocycles. The van der Waals surface area contributed by atoms with E-state index in [2.05, 4.69) is 42.9 Å². The van der Waals surface area contributed by atoms with Crippen LogP contribution in [0.5, 0.6) is 5.75 Å². The highest BCUT2D eigenvalue weighted by atomic mass is 28.3. The summed E-state index contributed by atoms with van der Waals surface area (Å²) in [4.78, 5) is 10.7. The molecule has 1 aromatic rings. The number of hydrogen-bond acceptors (Lipinski definition) is 2. The number of carbonyl (C=O) groups is 1. The second-order valence-corrected chi connectivity index (χ2v) is 9.62. The van der Waals surface area contributed by atoms with E-state index in [4.69, 9.17) is 4.74 Å². The zero-order valence-electron chi connectivity index (χ0n) is 11.1. The molecule has 1 aromatic carbocycles. The lowest BCUT2D eigenvalue weighted by Crippen LogP contribution is -2.16. The Labute approximate surface area is 109 Å². The Bertz CT molecular complexity index is 543. The molecule has 0 aliphatic rings. The van der Waals surface area contributed by atoms with Crippen LogP contribution in [0, 0.1) is 23.3 Å². The normalized spacial score (nSPS) is 9.56. The SMILES string of the molecule is CC(=O)Oc1ccc(C#CC#C[Si](C)(C)C)cc1. The number of rotatable bonds is 1. The zero-order chi connectivity index (χ0) is 13.6. The van der Waals surface area contributed by atoms with Crippen LogP contribution in [0.2, 0.25) is 19.6 Å². The third-order valence-corrected chi connectivity index (χ3v) is 2.70. The summed E-state index contributed by atoms with van der Waals surface area (Å²) >= 11 is 0. The van der Waals surface area contributed by atoms with Crippen LogP contribution in [0.1, 0.15) is 12.5 Å². The van der Waals surface area contributed by atoms with E-state index in [9.17, 15) is 4.79 Å². The molecule has 0 aliphatic carbocycles. The van der Waals surface area contributed by atoms with Gasteiger partial charge in [-0.25, -0.2) is 0 Å². The lowest BCUT2D eigenvalue weighted by Gasteiger charge is -2.01.